The van der Waals surface area contributed by atoms with Crippen LogP contribution in [0.5, 0.6) is 5.75 Å². The van der Waals surface area contributed by atoms with E-state index in [9.17, 15) is 14.3 Å². The second-order valence-corrected chi connectivity index (χ2v) is 4.69. The van der Waals surface area contributed by atoms with Crippen LogP contribution in [0.1, 0.15) is 15.9 Å². The van der Waals surface area contributed by atoms with E-state index in [4.69, 9.17) is 11.6 Å². The van der Waals surface area contributed by atoms with Crippen molar-refractivity contribution in [3.05, 3.63) is 58.4 Å². The molecule has 0 radical (unpaired) electrons. The minimum atomic E-state index is -0.691. The molecule has 0 saturated carbocycles. The average molecular weight is 310 g/mol. The first-order valence-corrected chi connectivity index (χ1v) is 6.49. The van der Waals surface area contributed by atoms with Crippen LogP contribution < -0.4 is 5.32 Å². The van der Waals surface area contributed by atoms with Gasteiger partial charge in [-0.25, -0.2) is 9.18 Å². The topological polar surface area (TPSA) is 58.6 Å². The van der Waals surface area contributed by atoms with E-state index in [0.29, 0.717) is 21.8 Å². The van der Waals surface area contributed by atoms with Crippen LogP contribution >= 0.6 is 11.6 Å². The maximum absolute atomic E-state index is 13.2. The number of carbonyl (C=O) groups excluding carboxylic acids is 1. The normalized spacial score (nSPS) is 10.2. The molecule has 0 aliphatic rings. The van der Waals surface area contributed by atoms with Gasteiger partial charge in [-0.3, -0.25) is 0 Å². The Morgan fingerprint density at radius 2 is 2.14 bits per heavy atom. The second kappa shape index (κ2) is 6.45. The Hall–Kier alpha value is -2.27. The first-order valence-electron chi connectivity index (χ1n) is 6.11. The number of hydrogen-bond donors (Lipinski definition) is 2. The van der Waals surface area contributed by atoms with Crippen LogP contribution in [0, 0.1) is 5.82 Å². The number of halogens is 2. The van der Waals surface area contributed by atoms with Crippen LogP contribution in [0.2, 0.25) is 5.02 Å². The third kappa shape index (κ3) is 3.44. The molecule has 2 rings (SSSR count). The number of benzene rings is 2. The number of phenolic OH excluding ortho intramolecular Hbond substituents is 1. The number of rotatable bonds is 4. The number of methoxy groups -OCH3 is 1. The summed E-state index contributed by atoms with van der Waals surface area (Å²) in [4.78, 5) is 11.5. The van der Waals surface area contributed by atoms with Crippen molar-refractivity contribution < 1.29 is 19.0 Å². The molecule has 21 heavy (non-hydrogen) atoms. The Balaban J connectivity index is 2.19. The van der Waals surface area contributed by atoms with Gasteiger partial charge in [0.05, 0.1) is 23.4 Å². The fraction of sp³-hybridized carbons (Fsp3) is 0.133. The van der Waals surface area contributed by atoms with Gasteiger partial charge in [-0.1, -0.05) is 23.7 Å². The summed E-state index contributed by atoms with van der Waals surface area (Å²) in [5, 5.41) is 13.0. The Morgan fingerprint density at radius 3 is 2.86 bits per heavy atom. The Morgan fingerprint density at radius 1 is 1.38 bits per heavy atom. The molecular formula is C15H13ClFNO3. The summed E-state index contributed by atoms with van der Waals surface area (Å²) in [7, 11) is 1.29. The highest BCUT2D eigenvalue weighted by Crippen LogP contribution is 2.26. The van der Waals surface area contributed by atoms with Crippen LogP contribution in [0.4, 0.5) is 10.1 Å². The third-order valence-electron chi connectivity index (χ3n) is 2.93. The summed E-state index contributed by atoms with van der Waals surface area (Å²) in [5.74, 6) is -1.59. The van der Waals surface area contributed by atoms with Crippen LogP contribution in [0.15, 0.2) is 36.4 Å². The molecule has 0 atom stereocenters. The lowest BCUT2D eigenvalue weighted by Crippen LogP contribution is -2.05. The number of carbonyl (C=O) groups is 1. The summed E-state index contributed by atoms with van der Waals surface area (Å²) >= 11 is 6.03. The average Bonchev–Trinajstić information content (AvgIpc) is 2.49. The largest absolute Gasteiger partial charge is 0.505 e. The SMILES string of the molecule is COC(=O)c1ccc(Cl)c(NCc2cccc(F)c2O)c1. The summed E-state index contributed by atoms with van der Waals surface area (Å²) in [6.45, 7) is 0.161. The van der Waals surface area contributed by atoms with E-state index in [1.54, 1.807) is 18.2 Å². The highest BCUT2D eigenvalue weighted by Gasteiger charge is 2.10. The Labute approximate surface area is 126 Å². The lowest BCUT2D eigenvalue weighted by atomic mass is 10.1. The van der Waals surface area contributed by atoms with Crippen LogP contribution in [0.3, 0.4) is 0 Å². The van der Waals surface area contributed by atoms with Gasteiger partial charge in [-0.2, -0.15) is 0 Å². The monoisotopic (exact) mass is 309 g/mol. The molecule has 0 saturated heterocycles. The molecular weight excluding hydrogens is 297 g/mol. The Bertz CT molecular complexity index is 676. The molecule has 0 spiro atoms. The fourth-order valence-corrected chi connectivity index (χ4v) is 1.98. The minimum Gasteiger partial charge on any atom is -0.505 e. The molecule has 0 bridgehead atoms. The van der Waals surface area contributed by atoms with Crippen molar-refractivity contribution in [3.63, 3.8) is 0 Å². The third-order valence-corrected chi connectivity index (χ3v) is 3.26. The molecule has 0 aliphatic carbocycles. The molecule has 2 aromatic rings. The maximum atomic E-state index is 13.2. The molecule has 0 heterocycles. The van der Waals surface area contributed by atoms with Crippen LogP contribution in [-0.4, -0.2) is 18.2 Å². The van der Waals surface area contributed by atoms with Crippen LogP contribution in [0.25, 0.3) is 0 Å². The number of esters is 1. The standard InChI is InChI=1S/C15H13ClFNO3/c1-21-15(20)9-5-6-11(16)13(7-9)18-8-10-3-2-4-12(17)14(10)19/h2-7,18-19H,8H2,1H3. The molecule has 2 N–H and O–H groups in total. The van der Waals surface area contributed by atoms with Gasteiger partial charge in [0.2, 0.25) is 0 Å². The van der Waals surface area contributed by atoms with E-state index >= 15 is 0 Å². The smallest absolute Gasteiger partial charge is 0.337 e. The van der Waals surface area contributed by atoms with E-state index in [1.165, 1.54) is 25.3 Å². The van der Waals surface area contributed by atoms with Crippen molar-refractivity contribution in [1.29, 1.82) is 0 Å². The highest BCUT2D eigenvalue weighted by molar-refractivity contribution is 6.33. The van der Waals surface area contributed by atoms with Crippen molar-refractivity contribution >= 4 is 23.3 Å². The van der Waals surface area contributed by atoms with E-state index in [-0.39, 0.29) is 6.54 Å². The molecule has 0 fully saturated rings. The zero-order valence-corrected chi connectivity index (χ0v) is 11.9. The Kier molecular flexibility index (Phi) is 4.65. The second-order valence-electron chi connectivity index (χ2n) is 4.29. The molecule has 0 unspecified atom stereocenters. The van der Waals surface area contributed by atoms with E-state index < -0.39 is 17.5 Å². The van der Waals surface area contributed by atoms with Gasteiger partial charge < -0.3 is 15.2 Å². The van der Waals surface area contributed by atoms with Gasteiger partial charge in [0, 0.05) is 12.1 Å². The molecule has 0 aromatic heterocycles. The van der Waals surface area contributed by atoms with Crippen molar-refractivity contribution in [1.82, 2.24) is 0 Å². The van der Waals surface area contributed by atoms with Gasteiger partial charge >= 0.3 is 5.97 Å². The quantitative estimate of drug-likeness (QED) is 0.848. The first-order chi connectivity index (χ1) is 10.0. The zero-order chi connectivity index (χ0) is 15.4. The first kappa shape index (κ1) is 15.1. The van der Waals surface area contributed by atoms with Gasteiger partial charge in [0.15, 0.2) is 11.6 Å². The van der Waals surface area contributed by atoms with Crippen molar-refractivity contribution in [2.24, 2.45) is 0 Å². The maximum Gasteiger partial charge on any atom is 0.337 e. The van der Waals surface area contributed by atoms with E-state index in [1.807, 2.05) is 0 Å². The fourth-order valence-electron chi connectivity index (χ4n) is 1.80. The zero-order valence-electron chi connectivity index (χ0n) is 11.2. The molecule has 4 nitrogen and oxygen atoms in total. The van der Waals surface area contributed by atoms with Gasteiger partial charge in [0.1, 0.15) is 0 Å². The number of nitrogens with one attached hydrogen (secondary N) is 1. The predicted molar refractivity (Wildman–Crippen MR) is 78.2 cm³/mol. The lowest BCUT2D eigenvalue weighted by molar-refractivity contribution is 0.0601. The summed E-state index contributed by atoms with van der Waals surface area (Å²) in [6, 6.07) is 8.89. The van der Waals surface area contributed by atoms with Crippen LogP contribution in [-0.2, 0) is 11.3 Å². The van der Waals surface area contributed by atoms with Crippen molar-refractivity contribution in [2.75, 3.05) is 12.4 Å². The van der Waals surface area contributed by atoms with Gasteiger partial charge in [-0.05, 0) is 24.3 Å². The van der Waals surface area contributed by atoms with E-state index in [0.717, 1.165) is 0 Å². The summed E-state index contributed by atoms with van der Waals surface area (Å²) in [6.07, 6.45) is 0. The predicted octanol–water partition coefficient (Wildman–Crippen LogP) is 3.58. The number of anilines is 1. The molecule has 6 heteroatoms. The summed E-state index contributed by atoms with van der Waals surface area (Å²) < 4.78 is 17.9. The summed E-state index contributed by atoms with van der Waals surface area (Å²) in [5.41, 5.74) is 1.21. The number of phenols is 1. The number of ether oxygens (including phenoxy) is 1. The lowest BCUT2D eigenvalue weighted by Gasteiger charge is -2.11. The molecule has 110 valence electrons. The minimum absolute atomic E-state index is 0.161. The molecule has 0 aliphatic heterocycles. The van der Waals surface area contributed by atoms with Gasteiger partial charge in [0.25, 0.3) is 0 Å². The van der Waals surface area contributed by atoms with Crippen molar-refractivity contribution in [3.8, 4) is 5.75 Å². The number of para-hydroxylation sites is 1. The van der Waals surface area contributed by atoms with E-state index in [2.05, 4.69) is 10.1 Å². The highest BCUT2D eigenvalue weighted by atomic mass is 35.5. The van der Waals surface area contributed by atoms with Gasteiger partial charge in [-0.15, -0.1) is 0 Å². The molecule has 2 aromatic carbocycles. The number of aromatic hydroxyl groups is 1. The number of hydrogen-bond acceptors (Lipinski definition) is 4. The van der Waals surface area contributed by atoms with Crippen molar-refractivity contribution in [2.45, 2.75) is 6.54 Å². The molecule has 0 amide bonds.